The minimum Gasteiger partial charge on any atom is -0.314 e. The molecule has 1 aromatic rings. The first-order valence-electron chi connectivity index (χ1n) is 7.73. The first-order valence-corrected chi connectivity index (χ1v) is 7.73. The Bertz CT molecular complexity index is 333. The molecule has 0 amide bonds. The van der Waals surface area contributed by atoms with Gasteiger partial charge in [0.25, 0.3) is 0 Å². The van der Waals surface area contributed by atoms with Gasteiger partial charge in [0.2, 0.25) is 0 Å². The zero-order valence-electron chi connectivity index (χ0n) is 12.1. The lowest BCUT2D eigenvalue weighted by Gasteiger charge is -2.25. The van der Waals surface area contributed by atoms with E-state index in [9.17, 15) is 0 Å². The zero-order valence-corrected chi connectivity index (χ0v) is 12.1. The van der Waals surface area contributed by atoms with Crippen LogP contribution in [0.15, 0.2) is 24.5 Å². The number of nitrogens with zero attached hydrogens (tertiary/aromatic N) is 2. The SMILES string of the molecule is CCN(CCCC1CCCCN1)Cc1ccncc1. The predicted octanol–water partition coefficient (Wildman–Crippen LogP) is 2.83. The molecule has 1 N–H and O–H groups in total. The Morgan fingerprint density at radius 2 is 2.16 bits per heavy atom. The van der Waals surface area contributed by atoms with Gasteiger partial charge in [0, 0.05) is 25.0 Å². The number of hydrogen-bond acceptors (Lipinski definition) is 3. The van der Waals surface area contributed by atoms with Crippen LogP contribution in [0.4, 0.5) is 0 Å². The Balaban J connectivity index is 1.67. The first-order chi connectivity index (χ1) is 9.38. The third-order valence-corrected chi connectivity index (χ3v) is 4.04. The average molecular weight is 261 g/mol. The van der Waals surface area contributed by atoms with Crippen molar-refractivity contribution in [2.75, 3.05) is 19.6 Å². The smallest absolute Gasteiger partial charge is 0.0271 e. The minimum atomic E-state index is 0.772. The van der Waals surface area contributed by atoms with Crippen LogP contribution >= 0.6 is 0 Å². The van der Waals surface area contributed by atoms with E-state index in [1.165, 1.54) is 50.8 Å². The molecule has 1 aliphatic rings. The van der Waals surface area contributed by atoms with E-state index >= 15 is 0 Å². The molecule has 106 valence electrons. The molecule has 1 unspecified atom stereocenters. The van der Waals surface area contributed by atoms with Gasteiger partial charge in [0.05, 0.1) is 0 Å². The summed E-state index contributed by atoms with van der Waals surface area (Å²) in [6.45, 7) is 6.85. The Hall–Kier alpha value is -0.930. The number of rotatable bonds is 7. The number of nitrogens with one attached hydrogen (secondary N) is 1. The predicted molar refractivity (Wildman–Crippen MR) is 80.1 cm³/mol. The Kier molecular flexibility index (Phi) is 6.31. The molecule has 1 saturated heterocycles. The van der Waals surface area contributed by atoms with Gasteiger partial charge < -0.3 is 5.32 Å². The highest BCUT2D eigenvalue weighted by atomic mass is 15.1. The van der Waals surface area contributed by atoms with Crippen molar-refractivity contribution >= 4 is 0 Å². The largest absolute Gasteiger partial charge is 0.314 e. The molecule has 1 atom stereocenters. The third-order valence-electron chi connectivity index (χ3n) is 4.04. The van der Waals surface area contributed by atoms with E-state index in [0.29, 0.717) is 0 Å². The molecule has 0 saturated carbocycles. The summed E-state index contributed by atoms with van der Waals surface area (Å²) in [7, 11) is 0. The van der Waals surface area contributed by atoms with Crippen LogP contribution in [-0.4, -0.2) is 35.6 Å². The van der Waals surface area contributed by atoms with Gasteiger partial charge in [-0.3, -0.25) is 9.88 Å². The van der Waals surface area contributed by atoms with E-state index in [4.69, 9.17) is 0 Å². The molecule has 3 nitrogen and oxygen atoms in total. The van der Waals surface area contributed by atoms with Crippen molar-refractivity contribution in [3.63, 3.8) is 0 Å². The maximum Gasteiger partial charge on any atom is 0.0271 e. The van der Waals surface area contributed by atoms with E-state index in [0.717, 1.165) is 19.1 Å². The summed E-state index contributed by atoms with van der Waals surface area (Å²) >= 11 is 0. The van der Waals surface area contributed by atoms with E-state index in [1.807, 2.05) is 12.4 Å². The Morgan fingerprint density at radius 1 is 1.32 bits per heavy atom. The first kappa shape index (κ1) is 14.5. The fourth-order valence-corrected chi connectivity index (χ4v) is 2.83. The number of pyridine rings is 1. The van der Waals surface area contributed by atoms with E-state index in [2.05, 4.69) is 34.3 Å². The second-order valence-corrected chi connectivity index (χ2v) is 5.51. The van der Waals surface area contributed by atoms with Gasteiger partial charge >= 0.3 is 0 Å². The summed E-state index contributed by atoms with van der Waals surface area (Å²) in [4.78, 5) is 6.60. The van der Waals surface area contributed by atoms with Gasteiger partial charge in [-0.25, -0.2) is 0 Å². The van der Waals surface area contributed by atoms with Gasteiger partial charge in [-0.15, -0.1) is 0 Å². The highest BCUT2D eigenvalue weighted by Crippen LogP contribution is 2.12. The molecular weight excluding hydrogens is 234 g/mol. The highest BCUT2D eigenvalue weighted by Gasteiger charge is 2.12. The van der Waals surface area contributed by atoms with Crippen molar-refractivity contribution in [1.82, 2.24) is 15.2 Å². The molecule has 0 radical (unpaired) electrons. The number of aromatic nitrogens is 1. The maximum absolute atomic E-state index is 4.08. The number of piperidine rings is 1. The van der Waals surface area contributed by atoms with Crippen molar-refractivity contribution in [2.45, 2.75) is 51.6 Å². The molecule has 0 aliphatic carbocycles. The van der Waals surface area contributed by atoms with Crippen molar-refractivity contribution in [3.05, 3.63) is 30.1 Å². The normalized spacial score (nSPS) is 19.8. The van der Waals surface area contributed by atoms with Crippen LogP contribution in [0.25, 0.3) is 0 Å². The van der Waals surface area contributed by atoms with Gasteiger partial charge in [0.1, 0.15) is 0 Å². The van der Waals surface area contributed by atoms with Crippen LogP contribution in [0, 0.1) is 0 Å². The molecule has 1 aliphatic heterocycles. The monoisotopic (exact) mass is 261 g/mol. The van der Waals surface area contributed by atoms with Crippen LogP contribution in [0.1, 0.15) is 44.6 Å². The third kappa shape index (κ3) is 5.29. The summed E-state index contributed by atoms with van der Waals surface area (Å²) in [5.74, 6) is 0. The second-order valence-electron chi connectivity index (χ2n) is 5.51. The van der Waals surface area contributed by atoms with Crippen molar-refractivity contribution in [2.24, 2.45) is 0 Å². The molecule has 19 heavy (non-hydrogen) atoms. The lowest BCUT2D eigenvalue weighted by molar-refractivity contribution is 0.262. The second kappa shape index (κ2) is 8.28. The topological polar surface area (TPSA) is 28.2 Å². The lowest BCUT2D eigenvalue weighted by atomic mass is 10.0. The van der Waals surface area contributed by atoms with Crippen LogP contribution in [0.5, 0.6) is 0 Å². The molecule has 3 heteroatoms. The summed E-state index contributed by atoms with van der Waals surface area (Å²) in [5.41, 5.74) is 1.37. The van der Waals surface area contributed by atoms with Crippen LogP contribution < -0.4 is 5.32 Å². The molecule has 0 aromatic carbocycles. The quantitative estimate of drug-likeness (QED) is 0.818. The zero-order chi connectivity index (χ0) is 13.3. The highest BCUT2D eigenvalue weighted by molar-refractivity contribution is 5.09. The summed E-state index contributed by atoms with van der Waals surface area (Å²) in [6, 6.07) is 5.00. The van der Waals surface area contributed by atoms with E-state index in [-0.39, 0.29) is 0 Å². The van der Waals surface area contributed by atoms with Crippen molar-refractivity contribution < 1.29 is 0 Å². The van der Waals surface area contributed by atoms with Crippen molar-refractivity contribution in [3.8, 4) is 0 Å². The van der Waals surface area contributed by atoms with E-state index in [1.54, 1.807) is 0 Å². The fraction of sp³-hybridized carbons (Fsp3) is 0.688. The molecule has 2 heterocycles. The average Bonchev–Trinajstić information content (AvgIpc) is 2.48. The molecule has 0 spiro atoms. The molecule has 0 bridgehead atoms. The van der Waals surface area contributed by atoms with E-state index < -0.39 is 0 Å². The van der Waals surface area contributed by atoms with Crippen LogP contribution in [0.2, 0.25) is 0 Å². The van der Waals surface area contributed by atoms with Crippen LogP contribution in [-0.2, 0) is 6.54 Å². The Labute approximate surface area is 117 Å². The van der Waals surface area contributed by atoms with Gasteiger partial charge in [-0.05, 0) is 63.0 Å². The minimum absolute atomic E-state index is 0.772. The van der Waals surface area contributed by atoms with Crippen LogP contribution in [0.3, 0.4) is 0 Å². The number of hydrogen-bond donors (Lipinski definition) is 1. The van der Waals surface area contributed by atoms with Gasteiger partial charge in [-0.2, -0.15) is 0 Å². The molecular formula is C16H27N3. The van der Waals surface area contributed by atoms with Gasteiger partial charge in [-0.1, -0.05) is 13.3 Å². The lowest BCUT2D eigenvalue weighted by Crippen LogP contribution is -2.34. The maximum atomic E-state index is 4.08. The molecule has 1 aromatic heterocycles. The summed E-state index contributed by atoms with van der Waals surface area (Å²) in [5, 5.41) is 3.63. The molecule has 2 rings (SSSR count). The summed E-state index contributed by atoms with van der Waals surface area (Å²) < 4.78 is 0. The molecule has 1 fully saturated rings. The van der Waals surface area contributed by atoms with Crippen molar-refractivity contribution in [1.29, 1.82) is 0 Å². The fourth-order valence-electron chi connectivity index (χ4n) is 2.83. The summed E-state index contributed by atoms with van der Waals surface area (Å²) in [6.07, 6.45) is 10.5. The van der Waals surface area contributed by atoms with Gasteiger partial charge in [0.15, 0.2) is 0 Å². The Morgan fingerprint density at radius 3 is 2.84 bits per heavy atom. The standard InChI is InChI=1S/C16H27N3/c1-2-19(14-15-8-11-17-12-9-15)13-5-7-16-6-3-4-10-18-16/h8-9,11-12,16,18H,2-7,10,13-14H2,1H3.